The number of aliphatic imine (C=N–C) groups is 1. The van der Waals surface area contributed by atoms with Crippen molar-refractivity contribution in [2.45, 2.75) is 17.4 Å². The lowest BCUT2D eigenvalue weighted by molar-refractivity contribution is 0.0600. The number of methoxy groups -OCH3 is 1. The Bertz CT molecular complexity index is 431. The van der Waals surface area contributed by atoms with E-state index in [0.717, 1.165) is 17.1 Å². The van der Waals surface area contributed by atoms with Gasteiger partial charge in [-0.05, 0) is 30.8 Å². The van der Waals surface area contributed by atoms with Gasteiger partial charge < -0.3 is 4.74 Å². The Kier molecular flexibility index (Phi) is 3.29. The third-order valence-electron chi connectivity index (χ3n) is 2.66. The fourth-order valence-corrected chi connectivity index (χ4v) is 2.95. The number of carbonyl (C=O) groups is 1. The van der Waals surface area contributed by atoms with E-state index in [9.17, 15) is 4.79 Å². The topological polar surface area (TPSA) is 38.7 Å². The van der Waals surface area contributed by atoms with Crippen molar-refractivity contribution in [3.05, 3.63) is 29.3 Å². The van der Waals surface area contributed by atoms with E-state index < -0.39 is 0 Å². The van der Waals surface area contributed by atoms with E-state index >= 15 is 0 Å². The molecule has 1 heterocycles. The molecule has 0 radical (unpaired) electrons. The molecule has 16 heavy (non-hydrogen) atoms. The monoisotopic (exact) mass is 235 g/mol. The molecular formula is C12H13NO2S. The van der Waals surface area contributed by atoms with E-state index in [1.165, 1.54) is 12.7 Å². The average Bonchev–Trinajstić information content (AvgIpc) is 2.36. The Balaban J connectivity index is 2.38. The minimum Gasteiger partial charge on any atom is -0.465 e. The molecule has 0 bridgehead atoms. The molecule has 1 aliphatic heterocycles. The summed E-state index contributed by atoms with van der Waals surface area (Å²) in [5.74, 6) is 0.721. The van der Waals surface area contributed by atoms with Gasteiger partial charge in [0.2, 0.25) is 0 Å². The summed E-state index contributed by atoms with van der Waals surface area (Å²) in [6.45, 7) is 3.61. The van der Waals surface area contributed by atoms with Gasteiger partial charge in [-0.2, -0.15) is 0 Å². The Hall–Kier alpha value is -1.29. The molecular weight excluding hydrogens is 222 g/mol. The number of hydrogen-bond donors (Lipinski definition) is 0. The third-order valence-corrected chi connectivity index (χ3v) is 3.77. The van der Waals surface area contributed by atoms with Crippen molar-refractivity contribution < 1.29 is 9.53 Å². The smallest absolute Gasteiger partial charge is 0.337 e. The van der Waals surface area contributed by atoms with Gasteiger partial charge in [-0.15, -0.1) is 11.8 Å². The van der Waals surface area contributed by atoms with Crippen molar-refractivity contribution in [1.82, 2.24) is 0 Å². The average molecular weight is 235 g/mol. The molecule has 84 valence electrons. The van der Waals surface area contributed by atoms with Gasteiger partial charge >= 0.3 is 5.97 Å². The highest BCUT2D eigenvalue weighted by Gasteiger charge is 2.20. The molecule has 1 atom stereocenters. The predicted octanol–water partition coefficient (Wildman–Crippen LogP) is 2.71. The van der Waals surface area contributed by atoms with Gasteiger partial charge in [0.05, 0.1) is 18.7 Å². The highest BCUT2D eigenvalue weighted by molar-refractivity contribution is 7.99. The molecule has 0 aliphatic carbocycles. The lowest BCUT2D eigenvalue weighted by Crippen LogP contribution is -2.08. The van der Waals surface area contributed by atoms with Crippen LogP contribution in [-0.2, 0) is 4.74 Å². The van der Waals surface area contributed by atoms with Crippen LogP contribution >= 0.6 is 11.8 Å². The molecule has 1 aliphatic rings. The summed E-state index contributed by atoms with van der Waals surface area (Å²) in [6, 6.07) is 5.79. The van der Waals surface area contributed by atoms with Crippen molar-refractivity contribution in [1.29, 1.82) is 0 Å². The Morgan fingerprint density at radius 2 is 2.44 bits per heavy atom. The molecule has 1 aromatic carbocycles. The fraction of sp³-hybridized carbons (Fsp3) is 0.333. The maximum Gasteiger partial charge on any atom is 0.337 e. The Morgan fingerprint density at radius 1 is 1.62 bits per heavy atom. The second kappa shape index (κ2) is 4.70. The minimum atomic E-state index is -0.294. The van der Waals surface area contributed by atoms with E-state index in [-0.39, 0.29) is 12.0 Å². The van der Waals surface area contributed by atoms with Gasteiger partial charge in [-0.25, -0.2) is 4.79 Å². The van der Waals surface area contributed by atoms with Gasteiger partial charge in [-0.3, -0.25) is 4.99 Å². The van der Waals surface area contributed by atoms with Crippen LogP contribution in [0.15, 0.2) is 28.1 Å². The number of ether oxygens (including phenoxy) is 1. The van der Waals surface area contributed by atoms with Crippen LogP contribution in [0.5, 0.6) is 0 Å². The molecule has 0 spiro atoms. The van der Waals surface area contributed by atoms with E-state index in [0.29, 0.717) is 5.56 Å². The van der Waals surface area contributed by atoms with Crippen molar-refractivity contribution in [2.75, 3.05) is 12.9 Å². The van der Waals surface area contributed by atoms with E-state index in [2.05, 4.69) is 11.7 Å². The molecule has 0 N–H and O–H groups in total. The molecule has 0 amide bonds. The van der Waals surface area contributed by atoms with Crippen LogP contribution in [-0.4, -0.2) is 25.5 Å². The van der Waals surface area contributed by atoms with Crippen LogP contribution in [0.3, 0.4) is 0 Å². The second-order valence-corrected chi connectivity index (χ2v) is 4.72. The van der Waals surface area contributed by atoms with Crippen LogP contribution in [0.25, 0.3) is 0 Å². The van der Waals surface area contributed by atoms with E-state index in [1.807, 2.05) is 12.1 Å². The van der Waals surface area contributed by atoms with Crippen molar-refractivity contribution in [3.8, 4) is 0 Å². The summed E-state index contributed by atoms with van der Waals surface area (Å²) < 4.78 is 4.70. The van der Waals surface area contributed by atoms with Crippen LogP contribution in [0.2, 0.25) is 0 Å². The Labute approximate surface area is 98.9 Å². The molecule has 0 saturated heterocycles. The summed E-state index contributed by atoms with van der Waals surface area (Å²) >= 11 is 1.75. The van der Waals surface area contributed by atoms with Gasteiger partial charge in [-0.1, -0.05) is 6.07 Å². The standard InChI is InChI=1S/C12H13NO2S/c1-13-10-5-6-16-11-7-8(12(14)15-2)3-4-9(10)11/h3-4,7,10H,1,5-6H2,2H3/t10-/m1/s1. The van der Waals surface area contributed by atoms with Crippen molar-refractivity contribution >= 4 is 24.4 Å². The fourth-order valence-electron chi connectivity index (χ4n) is 1.81. The molecule has 3 nitrogen and oxygen atoms in total. The zero-order chi connectivity index (χ0) is 11.5. The van der Waals surface area contributed by atoms with Crippen LogP contribution in [0, 0.1) is 0 Å². The zero-order valence-corrected chi connectivity index (χ0v) is 9.92. The van der Waals surface area contributed by atoms with Crippen LogP contribution in [0.1, 0.15) is 28.4 Å². The predicted molar refractivity (Wildman–Crippen MR) is 65.4 cm³/mol. The van der Waals surface area contributed by atoms with Crippen molar-refractivity contribution in [3.63, 3.8) is 0 Å². The number of esters is 1. The lowest BCUT2D eigenvalue weighted by Gasteiger charge is -2.21. The molecule has 2 rings (SSSR count). The summed E-state index contributed by atoms with van der Waals surface area (Å²) in [5.41, 5.74) is 1.76. The zero-order valence-electron chi connectivity index (χ0n) is 9.10. The maximum atomic E-state index is 11.4. The van der Waals surface area contributed by atoms with Gasteiger partial charge in [0.1, 0.15) is 0 Å². The normalized spacial score (nSPS) is 18.7. The molecule has 0 fully saturated rings. The van der Waals surface area contributed by atoms with Crippen molar-refractivity contribution in [2.24, 2.45) is 4.99 Å². The summed E-state index contributed by atoms with van der Waals surface area (Å²) in [5, 5.41) is 0. The largest absolute Gasteiger partial charge is 0.465 e. The van der Waals surface area contributed by atoms with Crippen LogP contribution in [0.4, 0.5) is 0 Å². The van der Waals surface area contributed by atoms with Gasteiger partial charge in [0.15, 0.2) is 0 Å². The lowest BCUT2D eigenvalue weighted by atomic mass is 10.0. The second-order valence-electron chi connectivity index (χ2n) is 3.58. The summed E-state index contributed by atoms with van der Waals surface area (Å²) in [4.78, 5) is 16.6. The summed E-state index contributed by atoms with van der Waals surface area (Å²) in [6.07, 6.45) is 1.01. The highest BCUT2D eigenvalue weighted by atomic mass is 32.2. The number of hydrogen-bond acceptors (Lipinski definition) is 4. The van der Waals surface area contributed by atoms with Crippen LogP contribution < -0.4 is 0 Å². The number of rotatable bonds is 2. The highest BCUT2D eigenvalue weighted by Crippen LogP contribution is 2.38. The van der Waals surface area contributed by atoms with E-state index in [1.54, 1.807) is 17.8 Å². The molecule has 0 unspecified atom stereocenters. The number of fused-ring (bicyclic) bond motifs is 1. The van der Waals surface area contributed by atoms with Gasteiger partial charge in [0.25, 0.3) is 0 Å². The third kappa shape index (κ3) is 1.97. The first-order valence-electron chi connectivity index (χ1n) is 5.07. The number of thioether (sulfide) groups is 1. The summed E-state index contributed by atoms with van der Waals surface area (Å²) in [7, 11) is 1.39. The van der Waals surface area contributed by atoms with Gasteiger partial charge in [0, 0.05) is 10.6 Å². The first-order chi connectivity index (χ1) is 7.76. The molecule has 0 aromatic heterocycles. The SMILES string of the molecule is C=N[C@@H]1CCSc2cc(C(=O)OC)ccc21. The minimum absolute atomic E-state index is 0.169. The Morgan fingerprint density at radius 3 is 3.12 bits per heavy atom. The maximum absolute atomic E-state index is 11.4. The number of benzene rings is 1. The van der Waals surface area contributed by atoms with E-state index in [4.69, 9.17) is 4.74 Å². The first kappa shape index (κ1) is 11.2. The molecule has 0 saturated carbocycles. The molecule has 4 heteroatoms. The quantitative estimate of drug-likeness (QED) is 0.584. The number of carbonyl (C=O) groups excluding carboxylic acids is 1. The first-order valence-corrected chi connectivity index (χ1v) is 6.05. The molecule has 1 aromatic rings. The number of nitrogens with zero attached hydrogens (tertiary/aromatic N) is 1.